The van der Waals surface area contributed by atoms with E-state index in [2.05, 4.69) is 0 Å². The SMILES string of the molecule is CC12c3ccccc3C(c3ccccc31)[C@@H]1C(=O)N(c3ccccc3[N+](=O)[O-])C(=O)[C@H]12. The highest BCUT2D eigenvalue weighted by Gasteiger charge is 2.66. The van der Waals surface area contributed by atoms with Crippen molar-refractivity contribution in [1.29, 1.82) is 0 Å². The Labute approximate surface area is 178 Å². The molecule has 2 bridgehead atoms. The lowest BCUT2D eigenvalue weighted by atomic mass is 9.48. The fraction of sp³-hybridized carbons (Fsp3) is 0.200. The van der Waals surface area contributed by atoms with E-state index in [-0.39, 0.29) is 29.1 Å². The minimum atomic E-state index is -0.683. The van der Waals surface area contributed by atoms with Crippen molar-refractivity contribution in [3.05, 3.63) is 105 Å². The second kappa shape index (κ2) is 5.88. The van der Waals surface area contributed by atoms with E-state index in [0.717, 1.165) is 27.2 Å². The molecule has 31 heavy (non-hydrogen) atoms. The van der Waals surface area contributed by atoms with Crippen molar-refractivity contribution in [2.75, 3.05) is 4.90 Å². The average molecular weight is 410 g/mol. The number of carbonyl (C=O) groups excluding carboxylic acids is 2. The van der Waals surface area contributed by atoms with E-state index in [9.17, 15) is 19.7 Å². The number of nitrogens with zero attached hydrogens (tertiary/aromatic N) is 2. The molecule has 0 N–H and O–H groups in total. The zero-order valence-corrected chi connectivity index (χ0v) is 16.7. The van der Waals surface area contributed by atoms with Crippen molar-refractivity contribution in [2.45, 2.75) is 18.3 Å². The topological polar surface area (TPSA) is 80.5 Å². The first-order chi connectivity index (χ1) is 15.0. The molecule has 0 saturated carbocycles. The molecule has 1 fully saturated rings. The fourth-order valence-corrected chi connectivity index (χ4v) is 6.20. The number of benzene rings is 3. The molecule has 3 aromatic carbocycles. The fourth-order valence-electron chi connectivity index (χ4n) is 6.20. The molecular weight excluding hydrogens is 392 g/mol. The summed E-state index contributed by atoms with van der Waals surface area (Å²) < 4.78 is 0. The zero-order valence-electron chi connectivity index (χ0n) is 16.7. The third-order valence-corrected chi connectivity index (χ3v) is 7.36. The standard InChI is InChI=1S/C25H18N2O4/c1-25-16-10-4-2-8-14(16)20(15-9-3-5-11-17(15)25)21-22(25)24(29)26(23(21)28)18-12-6-7-13-19(18)27(30)31/h2-13,20-22H,1H3/t20?,21-,22-,25?/m0/s1. The number of nitro benzene ring substituents is 1. The van der Waals surface area contributed by atoms with Crippen molar-refractivity contribution in [1.82, 2.24) is 0 Å². The molecule has 1 aliphatic heterocycles. The molecule has 7 rings (SSSR count). The third kappa shape index (κ3) is 2.02. The van der Waals surface area contributed by atoms with Crippen LogP contribution in [0.1, 0.15) is 35.1 Å². The van der Waals surface area contributed by atoms with Crippen molar-refractivity contribution < 1.29 is 14.5 Å². The molecule has 0 unspecified atom stereocenters. The summed E-state index contributed by atoms with van der Waals surface area (Å²) in [4.78, 5) is 39.7. The Morgan fingerprint density at radius 3 is 2.00 bits per heavy atom. The van der Waals surface area contributed by atoms with Crippen molar-refractivity contribution >= 4 is 23.2 Å². The van der Waals surface area contributed by atoms with E-state index in [1.165, 1.54) is 18.2 Å². The van der Waals surface area contributed by atoms with Gasteiger partial charge in [-0.3, -0.25) is 19.7 Å². The van der Waals surface area contributed by atoms with Gasteiger partial charge in [-0.15, -0.1) is 0 Å². The lowest BCUT2D eigenvalue weighted by molar-refractivity contribution is -0.384. The molecule has 152 valence electrons. The summed E-state index contributed by atoms with van der Waals surface area (Å²) in [5, 5.41) is 11.6. The Morgan fingerprint density at radius 1 is 0.839 bits per heavy atom. The van der Waals surface area contributed by atoms with Gasteiger partial charge in [0.25, 0.3) is 5.69 Å². The maximum atomic E-state index is 13.8. The number of carbonyl (C=O) groups is 2. The minimum absolute atomic E-state index is 0.0491. The normalized spacial score (nSPS) is 27.6. The third-order valence-electron chi connectivity index (χ3n) is 7.36. The molecule has 6 nitrogen and oxygen atoms in total. The van der Waals surface area contributed by atoms with Crippen LogP contribution in [0.5, 0.6) is 0 Å². The van der Waals surface area contributed by atoms with E-state index >= 15 is 0 Å². The molecule has 1 saturated heterocycles. The van der Waals surface area contributed by atoms with E-state index in [1.807, 2.05) is 55.5 Å². The molecule has 6 heteroatoms. The first-order valence-corrected chi connectivity index (χ1v) is 10.3. The number of hydrogen-bond acceptors (Lipinski definition) is 4. The molecule has 2 atom stereocenters. The predicted molar refractivity (Wildman–Crippen MR) is 114 cm³/mol. The highest BCUT2D eigenvalue weighted by Crippen LogP contribution is 2.64. The van der Waals surface area contributed by atoms with Crippen LogP contribution < -0.4 is 4.90 Å². The van der Waals surface area contributed by atoms with Gasteiger partial charge in [-0.1, -0.05) is 67.6 Å². The monoisotopic (exact) mass is 410 g/mol. The quantitative estimate of drug-likeness (QED) is 0.361. The van der Waals surface area contributed by atoms with Crippen LogP contribution >= 0.6 is 0 Å². The summed E-state index contributed by atoms with van der Waals surface area (Å²) in [7, 11) is 0. The number of hydrogen-bond donors (Lipinski definition) is 0. The number of rotatable bonds is 2. The Bertz CT molecular complexity index is 1270. The molecule has 0 radical (unpaired) electrons. The number of amides is 2. The smallest absolute Gasteiger partial charge is 0.274 e. The molecule has 1 heterocycles. The summed E-state index contributed by atoms with van der Waals surface area (Å²) in [6.07, 6.45) is 0. The summed E-state index contributed by atoms with van der Waals surface area (Å²) in [6.45, 7) is 2.03. The number of anilines is 1. The van der Waals surface area contributed by atoms with Crippen LogP contribution in [0.4, 0.5) is 11.4 Å². The first-order valence-electron chi connectivity index (χ1n) is 10.3. The second-order valence-corrected chi connectivity index (χ2v) is 8.62. The number of para-hydroxylation sites is 2. The van der Waals surface area contributed by atoms with Gasteiger partial charge in [-0.25, -0.2) is 4.90 Å². The van der Waals surface area contributed by atoms with E-state index < -0.39 is 22.2 Å². The van der Waals surface area contributed by atoms with Crippen LogP contribution in [0.3, 0.4) is 0 Å². The van der Waals surface area contributed by atoms with Crippen LogP contribution in [0.2, 0.25) is 0 Å². The molecular formula is C25H18N2O4. The minimum Gasteiger partial charge on any atom is -0.274 e. The van der Waals surface area contributed by atoms with E-state index in [1.54, 1.807) is 6.07 Å². The van der Waals surface area contributed by atoms with Crippen LogP contribution in [0.15, 0.2) is 72.8 Å². The Kier molecular flexibility index (Phi) is 3.41. The summed E-state index contributed by atoms with van der Waals surface area (Å²) in [5.41, 5.74) is 3.38. The average Bonchev–Trinajstić information content (AvgIpc) is 3.05. The zero-order chi connectivity index (χ0) is 21.5. The molecule has 4 aliphatic rings. The van der Waals surface area contributed by atoms with E-state index in [0.29, 0.717) is 0 Å². The van der Waals surface area contributed by atoms with Gasteiger partial charge in [0.15, 0.2) is 0 Å². The van der Waals surface area contributed by atoms with Crippen LogP contribution in [-0.4, -0.2) is 16.7 Å². The maximum absolute atomic E-state index is 13.8. The van der Waals surface area contributed by atoms with Crippen molar-refractivity contribution in [2.24, 2.45) is 11.8 Å². The summed E-state index contributed by atoms with van der Waals surface area (Å²) in [6, 6.07) is 22.0. The molecule has 0 spiro atoms. The molecule has 0 aromatic heterocycles. The molecule has 3 aliphatic carbocycles. The number of imide groups is 1. The largest absolute Gasteiger partial charge is 0.293 e. The maximum Gasteiger partial charge on any atom is 0.293 e. The van der Waals surface area contributed by atoms with Gasteiger partial charge in [0, 0.05) is 17.4 Å². The van der Waals surface area contributed by atoms with Gasteiger partial charge in [-0.05, 0) is 28.3 Å². The Hall–Kier alpha value is -3.80. The van der Waals surface area contributed by atoms with Gasteiger partial charge >= 0.3 is 0 Å². The van der Waals surface area contributed by atoms with Crippen LogP contribution in [-0.2, 0) is 15.0 Å². The molecule has 3 aromatic rings. The van der Waals surface area contributed by atoms with Gasteiger partial charge in [-0.2, -0.15) is 0 Å². The van der Waals surface area contributed by atoms with Crippen molar-refractivity contribution in [3.8, 4) is 0 Å². The lowest BCUT2D eigenvalue weighted by Gasteiger charge is -2.52. The predicted octanol–water partition coefficient (Wildman–Crippen LogP) is 4.17. The van der Waals surface area contributed by atoms with Gasteiger partial charge in [0.05, 0.1) is 16.8 Å². The summed E-state index contributed by atoms with van der Waals surface area (Å²) in [5.74, 6) is -2.15. The second-order valence-electron chi connectivity index (χ2n) is 8.62. The molecule has 2 amide bonds. The summed E-state index contributed by atoms with van der Waals surface area (Å²) >= 11 is 0. The van der Waals surface area contributed by atoms with Gasteiger partial charge < -0.3 is 0 Å². The Morgan fingerprint density at radius 2 is 1.39 bits per heavy atom. The highest BCUT2D eigenvalue weighted by molar-refractivity contribution is 6.24. The van der Waals surface area contributed by atoms with Crippen LogP contribution in [0, 0.1) is 22.0 Å². The Balaban J connectivity index is 1.62. The van der Waals surface area contributed by atoms with E-state index in [4.69, 9.17) is 0 Å². The number of nitro groups is 1. The van der Waals surface area contributed by atoms with Crippen molar-refractivity contribution in [3.63, 3.8) is 0 Å². The van der Waals surface area contributed by atoms with Gasteiger partial charge in [0.1, 0.15) is 5.69 Å². The lowest BCUT2D eigenvalue weighted by Crippen LogP contribution is -2.51. The first kappa shape index (κ1) is 18.0. The van der Waals surface area contributed by atoms with Crippen LogP contribution in [0.25, 0.3) is 0 Å². The van der Waals surface area contributed by atoms with Gasteiger partial charge in [0.2, 0.25) is 11.8 Å². The highest BCUT2D eigenvalue weighted by atomic mass is 16.6.